The van der Waals surface area contributed by atoms with Gasteiger partial charge in [-0.3, -0.25) is 0 Å². The maximum atomic E-state index is 12.1. The first-order valence-corrected chi connectivity index (χ1v) is 5.26. The zero-order valence-corrected chi connectivity index (χ0v) is 9.91. The lowest BCUT2D eigenvalue weighted by atomic mass is 10.3. The van der Waals surface area contributed by atoms with Gasteiger partial charge in [-0.2, -0.15) is 13.2 Å². The molecule has 0 atom stereocenters. The molecule has 0 saturated carbocycles. The van der Waals surface area contributed by atoms with Crippen LogP contribution in [-0.4, -0.2) is 31.6 Å². The van der Waals surface area contributed by atoms with Gasteiger partial charge in [0, 0.05) is 32.2 Å². The first-order valence-electron chi connectivity index (χ1n) is 4.44. The summed E-state index contributed by atoms with van der Waals surface area (Å²) in [4.78, 5) is 5.78. The molecule has 16 heavy (non-hydrogen) atoms. The van der Waals surface area contributed by atoms with Gasteiger partial charge in [-0.1, -0.05) is 0 Å². The third-order valence-electron chi connectivity index (χ3n) is 1.77. The molecule has 3 nitrogen and oxygen atoms in total. The molecule has 0 aromatic carbocycles. The Bertz CT molecular complexity index is 366. The predicted octanol–water partition coefficient (Wildman–Crippen LogP) is 2.80. The van der Waals surface area contributed by atoms with Gasteiger partial charge in [0.2, 0.25) is 0 Å². The van der Waals surface area contributed by atoms with Gasteiger partial charge in [-0.05, 0) is 17.8 Å². The fraction of sp³-hybridized carbons (Fsp3) is 0.444. The van der Waals surface area contributed by atoms with E-state index in [4.69, 9.17) is 0 Å². The number of hydrogen-bond donors (Lipinski definition) is 1. The van der Waals surface area contributed by atoms with Crippen molar-refractivity contribution in [1.29, 1.82) is 0 Å². The molecule has 0 amide bonds. The van der Waals surface area contributed by atoms with E-state index in [9.17, 15) is 13.2 Å². The first-order chi connectivity index (χ1) is 7.33. The summed E-state index contributed by atoms with van der Waals surface area (Å²) in [6, 6.07) is 1.43. The molecule has 0 bridgehead atoms. The number of alkyl halides is 3. The molecule has 1 N–H and O–H groups in total. The summed E-state index contributed by atoms with van der Waals surface area (Å²) in [5.74, 6) is 0.606. The van der Waals surface area contributed by atoms with Gasteiger partial charge < -0.3 is 10.2 Å². The number of nitrogens with zero attached hydrogens (tertiary/aromatic N) is 2. The van der Waals surface area contributed by atoms with Crippen LogP contribution in [0.25, 0.3) is 0 Å². The number of aromatic nitrogens is 1. The lowest BCUT2D eigenvalue weighted by Crippen LogP contribution is -2.13. The van der Waals surface area contributed by atoms with Gasteiger partial charge >= 0.3 is 5.51 Å². The molecule has 1 aromatic heterocycles. The highest BCUT2D eigenvalue weighted by atomic mass is 32.2. The Labute approximate surface area is 96.0 Å². The van der Waals surface area contributed by atoms with Gasteiger partial charge in [0.15, 0.2) is 5.82 Å². The maximum absolute atomic E-state index is 12.1. The van der Waals surface area contributed by atoms with Gasteiger partial charge in [-0.15, -0.1) is 0 Å². The van der Waals surface area contributed by atoms with Crippen molar-refractivity contribution in [3.8, 4) is 0 Å². The Morgan fingerprint density at radius 2 is 2.00 bits per heavy atom. The third kappa shape index (κ3) is 3.48. The second-order valence-electron chi connectivity index (χ2n) is 3.23. The fourth-order valence-corrected chi connectivity index (χ4v) is 1.72. The lowest BCUT2D eigenvalue weighted by molar-refractivity contribution is -0.0328. The number of thioether (sulfide) groups is 1. The van der Waals surface area contributed by atoms with Gasteiger partial charge in [0.25, 0.3) is 0 Å². The Balaban J connectivity index is 3.00. The summed E-state index contributed by atoms with van der Waals surface area (Å²) < 4.78 is 36.4. The summed E-state index contributed by atoms with van der Waals surface area (Å²) in [6.45, 7) is 0. The molecular formula is C9H12F3N3S. The fourth-order valence-electron chi connectivity index (χ4n) is 1.17. The van der Waals surface area contributed by atoms with Crippen molar-refractivity contribution in [2.24, 2.45) is 0 Å². The molecule has 0 spiro atoms. The zero-order chi connectivity index (χ0) is 12.3. The topological polar surface area (TPSA) is 28.2 Å². The predicted molar refractivity (Wildman–Crippen MR) is 60.0 cm³/mol. The van der Waals surface area contributed by atoms with E-state index < -0.39 is 5.51 Å². The van der Waals surface area contributed by atoms with Crippen LogP contribution in [0.5, 0.6) is 0 Å². The molecule has 0 saturated heterocycles. The van der Waals surface area contributed by atoms with Crippen LogP contribution in [0.15, 0.2) is 17.2 Å². The second-order valence-corrected chi connectivity index (χ2v) is 4.37. The monoisotopic (exact) mass is 251 g/mol. The molecule has 0 aliphatic carbocycles. The lowest BCUT2D eigenvalue weighted by Gasteiger charge is -2.16. The van der Waals surface area contributed by atoms with E-state index in [1.807, 2.05) is 0 Å². The minimum atomic E-state index is -4.29. The van der Waals surface area contributed by atoms with E-state index in [1.165, 1.54) is 12.3 Å². The van der Waals surface area contributed by atoms with E-state index in [0.29, 0.717) is 11.5 Å². The number of hydrogen-bond acceptors (Lipinski definition) is 4. The summed E-state index contributed by atoms with van der Waals surface area (Å²) >= 11 is -0.170. The van der Waals surface area contributed by atoms with Crippen molar-refractivity contribution < 1.29 is 13.2 Å². The average Bonchev–Trinajstić information content (AvgIpc) is 2.14. The van der Waals surface area contributed by atoms with Crippen molar-refractivity contribution in [3.05, 3.63) is 12.3 Å². The normalized spacial score (nSPS) is 11.4. The average molecular weight is 251 g/mol. The van der Waals surface area contributed by atoms with E-state index in [1.54, 1.807) is 26.0 Å². The molecule has 1 aromatic rings. The van der Waals surface area contributed by atoms with Crippen LogP contribution in [0.2, 0.25) is 0 Å². The van der Waals surface area contributed by atoms with Crippen LogP contribution in [-0.2, 0) is 0 Å². The molecular weight excluding hydrogens is 239 g/mol. The SMILES string of the molecule is CNc1cc(SC(F)(F)F)cnc1N(C)C. The first kappa shape index (κ1) is 13.0. The minimum Gasteiger partial charge on any atom is -0.385 e. The second kappa shape index (κ2) is 4.82. The largest absolute Gasteiger partial charge is 0.446 e. The molecule has 0 unspecified atom stereocenters. The Kier molecular flexibility index (Phi) is 3.90. The summed E-state index contributed by atoms with van der Waals surface area (Å²) in [5.41, 5.74) is -3.72. The standard InChI is InChI=1S/C9H12F3N3S/c1-13-7-4-6(16-9(10,11)12)5-14-8(7)15(2)3/h4-5,13H,1-3H3. The van der Waals surface area contributed by atoms with E-state index in [0.717, 1.165) is 0 Å². The van der Waals surface area contributed by atoms with Crippen LogP contribution >= 0.6 is 11.8 Å². The number of rotatable bonds is 3. The summed E-state index contributed by atoms with van der Waals surface area (Å²) in [5, 5.41) is 2.82. The molecule has 0 radical (unpaired) electrons. The van der Waals surface area contributed by atoms with Crippen LogP contribution < -0.4 is 10.2 Å². The van der Waals surface area contributed by atoms with E-state index in [-0.39, 0.29) is 16.7 Å². The zero-order valence-electron chi connectivity index (χ0n) is 9.09. The highest BCUT2D eigenvalue weighted by molar-refractivity contribution is 8.00. The number of pyridine rings is 1. The smallest absolute Gasteiger partial charge is 0.385 e. The quantitative estimate of drug-likeness (QED) is 0.836. The number of nitrogens with one attached hydrogen (secondary N) is 1. The maximum Gasteiger partial charge on any atom is 0.446 e. The number of halogens is 3. The molecule has 90 valence electrons. The van der Waals surface area contributed by atoms with Gasteiger partial charge in [0.1, 0.15) is 0 Å². The van der Waals surface area contributed by atoms with E-state index >= 15 is 0 Å². The minimum absolute atomic E-state index is 0.0717. The van der Waals surface area contributed by atoms with Crippen LogP contribution in [0, 0.1) is 0 Å². The van der Waals surface area contributed by atoms with Crippen molar-refractivity contribution >= 4 is 23.3 Å². The highest BCUT2D eigenvalue weighted by Gasteiger charge is 2.29. The molecule has 0 aliphatic rings. The van der Waals surface area contributed by atoms with Crippen molar-refractivity contribution in [1.82, 2.24) is 4.98 Å². The molecule has 0 aliphatic heterocycles. The van der Waals surface area contributed by atoms with Gasteiger partial charge in [-0.25, -0.2) is 4.98 Å². The van der Waals surface area contributed by atoms with E-state index in [2.05, 4.69) is 10.3 Å². The van der Waals surface area contributed by atoms with Crippen LogP contribution in [0.3, 0.4) is 0 Å². The number of anilines is 2. The van der Waals surface area contributed by atoms with Crippen molar-refractivity contribution in [3.63, 3.8) is 0 Å². The Hall–Kier alpha value is -1.11. The summed E-state index contributed by atoms with van der Waals surface area (Å²) in [7, 11) is 5.20. The molecule has 1 rings (SSSR count). The van der Waals surface area contributed by atoms with Crippen molar-refractivity contribution in [2.45, 2.75) is 10.4 Å². The van der Waals surface area contributed by atoms with Crippen LogP contribution in [0.4, 0.5) is 24.7 Å². The third-order valence-corrected chi connectivity index (χ3v) is 2.46. The van der Waals surface area contributed by atoms with Gasteiger partial charge in [0.05, 0.1) is 5.69 Å². The molecule has 1 heterocycles. The van der Waals surface area contributed by atoms with Crippen LogP contribution in [0.1, 0.15) is 0 Å². The molecule has 0 fully saturated rings. The van der Waals surface area contributed by atoms with Crippen molar-refractivity contribution in [2.75, 3.05) is 31.4 Å². The summed E-state index contributed by atoms with van der Waals surface area (Å²) in [6.07, 6.45) is 1.22. The Morgan fingerprint density at radius 1 is 1.38 bits per heavy atom. The highest BCUT2D eigenvalue weighted by Crippen LogP contribution is 2.38. The Morgan fingerprint density at radius 3 is 2.44 bits per heavy atom. The molecule has 7 heteroatoms.